The summed E-state index contributed by atoms with van der Waals surface area (Å²) in [4.78, 5) is 60.3. The quantitative estimate of drug-likeness (QED) is 0.120. The molecule has 0 radical (unpaired) electrons. The lowest BCUT2D eigenvalue weighted by Crippen LogP contribution is -2.53. The number of phenols is 1. The number of nitrogens with one attached hydrogen (secondary N) is 1. The molecule has 2 aliphatic heterocycles. The fraction of sp³-hybridized carbons (Fsp3) is 0.268. The standard InChI is InChI=1S/C41H38BN3O9/c1-22-12-14-25(15-13-22)43-45-38(48)31-21-30-28(16-17-29-34(30)39(49)44(37(29)47)26-11-7-10-24(18-26)42(51)52)36(35-32(53-2)19-27(46)20-33(35)54-3)41(31,40(45)50)23-8-5-4-6-9-23/h4-16,18-20,29-31,34,36,43,46,51-52H,17,21H2,1-3H3/t29-,30+,31-,34-,36+,41+/m0/s1. The molecule has 54 heavy (non-hydrogen) atoms. The van der Waals surface area contributed by atoms with E-state index >= 15 is 4.79 Å². The lowest BCUT2D eigenvalue weighted by Gasteiger charge is -2.51. The molecular weight excluding hydrogens is 689 g/mol. The Bertz CT molecular complexity index is 2200. The largest absolute Gasteiger partial charge is 0.508 e. The molecule has 2 aliphatic carbocycles. The molecule has 4 aromatic rings. The van der Waals surface area contributed by atoms with Gasteiger partial charge in [0.05, 0.1) is 48.8 Å². The van der Waals surface area contributed by atoms with Crippen molar-refractivity contribution >= 4 is 47.6 Å². The molecule has 4 amide bonds. The number of imide groups is 2. The van der Waals surface area contributed by atoms with Gasteiger partial charge in [0.2, 0.25) is 11.8 Å². The number of methoxy groups -OCH3 is 2. The highest BCUT2D eigenvalue weighted by atomic mass is 16.5. The molecule has 0 aromatic heterocycles. The third-order valence-electron chi connectivity index (χ3n) is 11.6. The van der Waals surface area contributed by atoms with Gasteiger partial charge in [-0.05, 0) is 61.0 Å². The van der Waals surface area contributed by atoms with Gasteiger partial charge in [-0.2, -0.15) is 5.01 Å². The smallest absolute Gasteiger partial charge is 0.488 e. The average Bonchev–Trinajstić information content (AvgIpc) is 3.56. The summed E-state index contributed by atoms with van der Waals surface area (Å²) in [6.07, 6.45) is 2.15. The lowest BCUT2D eigenvalue weighted by atomic mass is 9.49. The molecule has 13 heteroatoms. The van der Waals surface area contributed by atoms with Gasteiger partial charge in [0.15, 0.2) is 0 Å². The maximum atomic E-state index is 15.5. The van der Waals surface area contributed by atoms with Crippen LogP contribution in [0.1, 0.15) is 35.4 Å². The fourth-order valence-corrected chi connectivity index (χ4v) is 9.35. The van der Waals surface area contributed by atoms with Crippen molar-refractivity contribution < 1.29 is 43.8 Å². The Morgan fingerprint density at radius 1 is 0.815 bits per heavy atom. The maximum Gasteiger partial charge on any atom is 0.488 e. The van der Waals surface area contributed by atoms with Crippen molar-refractivity contribution in [1.82, 2.24) is 5.01 Å². The number of rotatable bonds is 8. The summed E-state index contributed by atoms with van der Waals surface area (Å²) < 4.78 is 11.8. The Kier molecular flexibility index (Phi) is 8.58. The first kappa shape index (κ1) is 35.1. The molecule has 3 fully saturated rings. The number of fused-ring (bicyclic) bond motifs is 4. The van der Waals surface area contributed by atoms with Gasteiger partial charge < -0.3 is 24.6 Å². The van der Waals surface area contributed by atoms with E-state index in [0.29, 0.717) is 22.4 Å². The molecule has 0 unspecified atom stereocenters. The van der Waals surface area contributed by atoms with Gasteiger partial charge in [-0.3, -0.25) is 29.5 Å². The number of hydrogen-bond acceptors (Lipinski definition) is 10. The van der Waals surface area contributed by atoms with E-state index in [0.717, 1.165) is 15.5 Å². The zero-order valence-corrected chi connectivity index (χ0v) is 29.8. The average molecular weight is 728 g/mol. The Morgan fingerprint density at radius 3 is 2.15 bits per heavy atom. The summed E-state index contributed by atoms with van der Waals surface area (Å²) in [5, 5.41) is 31.5. The molecule has 4 aromatic carbocycles. The Hall–Kier alpha value is -5.92. The number of aromatic hydroxyl groups is 1. The summed E-state index contributed by atoms with van der Waals surface area (Å²) in [6, 6.07) is 25.2. The van der Waals surface area contributed by atoms with Gasteiger partial charge in [0, 0.05) is 23.6 Å². The second kappa shape index (κ2) is 13.2. The van der Waals surface area contributed by atoms with E-state index < -0.39 is 65.8 Å². The Morgan fingerprint density at radius 2 is 1.50 bits per heavy atom. The number of hydrazine groups is 1. The highest BCUT2D eigenvalue weighted by Crippen LogP contribution is 2.66. The SMILES string of the molecule is COc1cc(O)cc(OC)c1[C@H]1C2=CC[C@@H]3C(=O)N(c4cccc(B(O)O)c4)C(=O)[C@@H]3[C@@H]2C[C@H]2C(=O)N(Nc3ccc(C)cc3)C(=O)[C@@]12c1ccccc1. The van der Waals surface area contributed by atoms with Crippen molar-refractivity contribution in [3.8, 4) is 17.2 Å². The third-order valence-corrected chi connectivity index (χ3v) is 11.6. The van der Waals surface area contributed by atoms with Gasteiger partial charge >= 0.3 is 7.12 Å². The number of carbonyl (C=O) groups excluding carboxylic acids is 4. The van der Waals surface area contributed by atoms with E-state index in [1.54, 1.807) is 24.3 Å². The van der Waals surface area contributed by atoms with Crippen LogP contribution in [0.5, 0.6) is 17.2 Å². The van der Waals surface area contributed by atoms with Gasteiger partial charge in [-0.25, -0.2) is 0 Å². The summed E-state index contributed by atoms with van der Waals surface area (Å²) in [5.74, 6) is -5.94. The van der Waals surface area contributed by atoms with Crippen LogP contribution in [0.15, 0.2) is 103 Å². The van der Waals surface area contributed by atoms with Gasteiger partial charge in [0.1, 0.15) is 17.2 Å². The number of allylic oxidation sites excluding steroid dienone is 2. The number of hydrogen-bond donors (Lipinski definition) is 4. The molecule has 8 rings (SSSR count). The first-order valence-corrected chi connectivity index (χ1v) is 17.8. The number of amides is 4. The minimum Gasteiger partial charge on any atom is -0.508 e. The number of aryl methyl sites for hydroxylation is 1. The van der Waals surface area contributed by atoms with Crippen LogP contribution in [0.2, 0.25) is 0 Å². The maximum absolute atomic E-state index is 15.5. The number of benzene rings is 4. The molecule has 6 atom stereocenters. The van der Waals surface area contributed by atoms with Crippen LogP contribution in [-0.2, 0) is 24.6 Å². The molecule has 0 bridgehead atoms. The number of ether oxygens (including phenoxy) is 2. The van der Waals surface area contributed by atoms with Crippen LogP contribution >= 0.6 is 0 Å². The molecule has 4 N–H and O–H groups in total. The van der Waals surface area contributed by atoms with Crippen LogP contribution < -0.4 is 25.3 Å². The monoisotopic (exact) mass is 727 g/mol. The van der Waals surface area contributed by atoms with E-state index in [1.165, 1.54) is 38.5 Å². The van der Waals surface area contributed by atoms with Crippen molar-refractivity contribution in [2.45, 2.75) is 31.1 Å². The van der Waals surface area contributed by atoms with Crippen molar-refractivity contribution in [1.29, 1.82) is 0 Å². The predicted octanol–water partition coefficient (Wildman–Crippen LogP) is 3.59. The molecule has 12 nitrogen and oxygen atoms in total. The van der Waals surface area contributed by atoms with Crippen molar-refractivity contribution in [3.63, 3.8) is 0 Å². The van der Waals surface area contributed by atoms with E-state index in [-0.39, 0.29) is 41.2 Å². The van der Waals surface area contributed by atoms with Crippen LogP contribution in [0, 0.1) is 30.6 Å². The second-order valence-electron chi connectivity index (χ2n) is 14.3. The molecular formula is C41H38BN3O9. The first-order valence-electron chi connectivity index (χ1n) is 17.8. The molecule has 274 valence electrons. The normalized spacial score (nSPS) is 25.9. The summed E-state index contributed by atoms with van der Waals surface area (Å²) in [5.41, 5.74) is 5.02. The zero-order chi connectivity index (χ0) is 38.1. The van der Waals surface area contributed by atoms with E-state index in [2.05, 4.69) is 5.43 Å². The van der Waals surface area contributed by atoms with Crippen molar-refractivity contribution in [2.75, 3.05) is 24.5 Å². The van der Waals surface area contributed by atoms with Crippen LogP contribution in [-0.4, -0.2) is 65.1 Å². The van der Waals surface area contributed by atoms with Gasteiger partial charge in [-0.15, -0.1) is 0 Å². The fourth-order valence-electron chi connectivity index (χ4n) is 9.35. The third kappa shape index (κ3) is 5.13. The summed E-state index contributed by atoms with van der Waals surface area (Å²) >= 11 is 0. The second-order valence-corrected chi connectivity index (χ2v) is 14.3. The van der Waals surface area contributed by atoms with E-state index in [4.69, 9.17) is 9.47 Å². The minimum atomic E-state index is -1.81. The lowest BCUT2D eigenvalue weighted by molar-refractivity contribution is -0.138. The molecule has 2 saturated heterocycles. The zero-order valence-electron chi connectivity index (χ0n) is 29.8. The summed E-state index contributed by atoms with van der Waals surface area (Å²) in [7, 11) is 1.07. The Labute approximate surface area is 311 Å². The molecule has 1 saturated carbocycles. The number of anilines is 2. The number of carbonyl (C=O) groups is 4. The Balaban J connectivity index is 1.35. The van der Waals surface area contributed by atoms with E-state index in [1.807, 2.05) is 55.5 Å². The minimum absolute atomic E-state index is 0.0695. The van der Waals surface area contributed by atoms with Crippen LogP contribution in [0.4, 0.5) is 11.4 Å². The van der Waals surface area contributed by atoms with Crippen LogP contribution in [0.3, 0.4) is 0 Å². The topological polar surface area (TPSA) is 166 Å². The summed E-state index contributed by atoms with van der Waals surface area (Å²) in [6.45, 7) is 1.93. The van der Waals surface area contributed by atoms with Crippen LogP contribution in [0.25, 0.3) is 0 Å². The van der Waals surface area contributed by atoms with Crippen molar-refractivity contribution in [3.05, 3.63) is 119 Å². The molecule has 4 aliphatic rings. The molecule has 2 heterocycles. The first-order chi connectivity index (χ1) is 26.0. The number of nitrogens with zero attached hydrogens (tertiary/aromatic N) is 2. The molecule has 0 spiro atoms. The van der Waals surface area contributed by atoms with Gasteiger partial charge in [-0.1, -0.05) is 71.8 Å². The predicted molar refractivity (Wildman–Crippen MR) is 199 cm³/mol. The highest BCUT2D eigenvalue weighted by Gasteiger charge is 2.71. The van der Waals surface area contributed by atoms with Gasteiger partial charge in [0.25, 0.3) is 11.8 Å². The number of phenolic OH excluding ortho intramolecular Hbond substituents is 1. The van der Waals surface area contributed by atoms with Crippen molar-refractivity contribution in [2.24, 2.45) is 23.7 Å². The highest BCUT2D eigenvalue weighted by molar-refractivity contribution is 6.58. The van der Waals surface area contributed by atoms with E-state index in [9.17, 15) is 29.5 Å².